The quantitative estimate of drug-likeness (QED) is 0.226. The summed E-state index contributed by atoms with van der Waals surface area (Å²) in [6, 6.07) is 15.8. The van der Waals surface area contributed by atoms with Crippen molar-refractivity contribution in [3.63, 3.8) is 0 Å². The van der Waals surface area contributed by atoms with Crippen molar-refractivity contribution in [2.45, 2.75) is 19.9 Å². The van der Waals surface area contributed by atoms with Crippen LogP contribution in [0.25, 0.3) is 5.76 Å². The Balaban J connectivity index is 1.97. The van der Waals surface area contributed by atoms with E-state index in [0.29, 0.717) is 44.2 Å². The van der Waals surface area contributed by atoms with Gasteiger partial charge in [-0.1, -0.05) is 59.1 Å². The minimum atomic E-state index is -0.901. The third kappa shape index (κ3) is 4.39. The topological polar surface area (TPSA) is 66.8 Å². The molecule has 1 heterocycles. The largest absolute Gasteiger partial charge is 0.507 e. The van der Waals surface area contributed by atoms with E-state index >= 15 is 0 Å². The van der Waals surface area contributed by atoms with Gasteiger partial charge in [0.05, 0.1) is 23.2 Å². The number of carbonyl (C=O) groups excluding carboxylic acids is 2. The molecule has 3 aromatic rings. The summed E-state index contributed by atoms with van der Waals surface area (Å²) in [5.74, 6) is -1.60. The van der Waals surface area contributed by atoms with E-state index in [1.165, 1.54) is 11.0 Å². The fourth-order valence-electron chi connectivity index (χ4n) is 4.04. The number of benzene rings is 3. The second-order valence-electron chi connectivity index (χ2n) is 7.73. The first-order chi connectivity index (χ1) is 16.2. The average molecular weight is 517 g/mol. The van der Waals surface area contributed by atoms with E-state index in [2.05, 4.69) is 0 Å². The average Bonchev–Trinajstić information content (AvgIpc) is 3.05. The van der Waals surface area contributed by atoms with Crippen LogP contribution >= 0.6 is 34.8 Å². The number of halogens is 3. The van der Waals surface area contributed by atoms with Crippen molar-refractivity contribution in [2.75, 3.05) is 11.5 Å². The number of rotatable bonds is 5. The van der Waals surface area contributed by atoms with Crippen molar-refractivity contribution in [1.82, 2.24) is 0 Å². The molecule has 8 heteroatoms. The number of aliphatic hydroxyl groups is 1. The van der Waals surface area contributed by atoms with Crippen LogP contribution in [0, 0.1) is 6.92 Å². The molecular formula is C26H20Cl3NO4. The summed E-state index contributed by atoms with van der Waals surface area (Å²) in [6.07, 6.45) is 0. The Labute approximate surface area is 212 Å². The Bertz CT molecular complexity index is 1320. The van der Waals surface area contributed by atoms with E-state index in [-0.39, 0.29) is 11.3 Å². The van der Waals surface area contributed by atoms with Crippen molar-refractivity contribution < 1.29 is 19.4 Å². The zero-order valence-corrected chi connectivity index (χ0v) is 20.6. The van der Waals surface area contributed by atoms with Crippen LogP contribution in [0.15, 0.2) is 66.2 Å². The molecule has 5 nitrogen and oxygen atoms in total. The standard InChI is InChI=1S/C26H20Cl3NO4/c1-3-34-21-10-15(8-9-20(21)29)24(31)22-23(19-7-5-4-6-14(19)2)30(26(33)25(22)32)18-12-16(27)11-17(28)13-18/h4-13,23,31H,3H2,1-2H3/b24-22+. The van der Waals surface area contributed by atoms with E-state index in [1.54, 1.807) is 30.3 Å². The minimum absolute atomic E-state index is 0.0554. The number of ketones is 1. The Morgan fingerprint density at radius 1 is 1.00 bits per heavy atom. The van der Waals surface area contributed by atoms with Gasteiger partial charge >= 0.3 is 0 Å². The van der Waals surface area contributed by atoms with Gasteiger partial charge < -0.3 is 9.84 Å². The van der Waals surface area contributed by atoms with Crippen molar-refractivity contribution in [3.8, 4) is 5.75 Å². The molecule has 0 bridgehead atoms. The molecule has 1 atom stereocenters. The molecule has 1 fully saturated rings. The molecule has 0 saturated carbocycles. The fraction of sp³-hybridized carbons (Fsp3) is 0.154. The zero-order valence-electron chi connectivity index (χ0n) is 18.3. The first-order valence-electron chi connectivity index (χ1n) is 10.5. The van der Waals surface area contributed by atoms with Crippen LogP contribution in [0.2, 0.25) is 15.1 Å². The third-order valence-electron chi connectivity index (χ3n) is 5.56. The van der Waals surface area contributed by atoms with Crippen molar-refractivity contribution in [1.29, 1.82) is 0 Å². The molecule has 0 spiro atoms. The van der Waals surface area contributed by atoms with Crippen molar-refractivity contribution in [3.05, 3.63) is 98.0 Å². The van der Waals surface area contributed by atoms with Crippen molar-refractivity contribution in [2.24, 2.45) is 0 Å². The summed E-state index contributed by atoms with van der Waals surface area (Å²) in [6.45, 7) is 4.05. The lowest BCUT2D eigenvalue weighted by Gasteiger charge is -2.27. The van der Waals surface area contributed by atoms with Crippen LogP contribution in [0.5, 0.6) is 5.75 Å². The Morgan fingerprint density at radius 3 is 2.32 bits per heavy atom. The second kappa shape index (κ2) is 9.71. The van der Waals surface area contributed by atoms with Gasteiger partial charge in [-0.05, 0) is 61.4 Å². The summed E-state index contributed by atoms with van der Waals surface area (Å²) in [4.78, 5) is 27.9. The van der Waals surface area contributed by atoms with Crippen molar-refractivity contribution >= 4 is 57.9 Å². The number of aryl methyl sites for hydroxylation is 1. The first-order valence-corrected chi connectivity index (χ1v) is 11.6. The van der Waals surface area contributed by atoms with Gasteiger partial charge in [-0.2, -0.15) is 0 Å². The Kier molecular flexibility index (Phi) is 6.89. The molecule has 0 aromatic heterocycles. The molecule has 4 rings (SSSR count). The molecule has 3 aromatic carbocycles. The van der Waals surface area contributed by atoms with Gasteiger partial charge in [0.1, 0.15) is 11.5 Å². The highest BCUT2D eigenvalue weighted by molar-refractivity contribution is 6.52. The monoisotopic (exact) mass is 515 g/mol. The lowest BCUT2D eigenvalue weighted by atomic mass is 9.92. The van der Waals surface area contributed by atoms with Gasteiger partial charge in [0.25, 0.3) is 11.7 Å². The van der Waals surface area contributed by atoms with Gasteiger partial charge in [0.15, 0.2) is 0 Å². The number of hydrogen-bond acceptors (Lipinski definition) is 4. The second-order valence-corrected chi connectivity index (χ2v) is 9.01. The number of aliphatic hydroxyl groups excluding tert-OH is 1. The van der Waals surface area contributed by atoms with E-state index in [9.17, 15) is 14.7 Å². The maximum atomic E-state index is 13.3. The molecule has 0 radical (unpaired) electrons. The van der Waals surface area contributed by atoms with E-state index in [0.717, 1.165) is 5.56 Å². The Hall–Kier alpha value is -2.99. The van der Waals surface area contributed by atoms with E-state index in [4.69, 9.17) is 39.5 Å². The summed E-state index contributed by atoms with van der Waals surface area (Å²) >= 11 is 18.6. The third-order valence-corrected chi connectivity index (χ3v) is 6.31. The molecule has 0 aliphatic carbocycles. The molecule has 34 heavy (non-hydrogen) atoms. The molecule has 1 aliphatic rings. The van der Waals surface area contributed by atoms with E-state index < -0.39 is 17.7 Å². The highest BCUT2D eigenvalue weighted by Crippen LogP contribution is 2.44. The number of nitrogens with zero attached hydrogens (tertiary/aromatic N) is 1. The number of hydrogen-bond donors (Lipinski definition) is 1. The molecule has 1 unspecified atom stereocenters. The number of anilines is 1. The predicted molar refractivity (Wildman–Crippen MR) is 135 cm³/mol. The molecule has 1 N–H and O–H groups in total. The summed E-state index contributed by atoms with van der Waals surface area (Å²) < 4.78 is 5.53. The van der Waals surface area contributed by atoms with Gasteiger partial charge in [-0.15, -0.1) is 0 Å². The van der Waals surface area contributed by atoms with Gasteiger partial charge in [-0.25, -0.2) is 0 Å². The molecule has 174 valence electrons. The predicted octanol–water partition coefficient (Wildman–Crippen LogP) is 6.98. The van der Waals surface area contributed by atoms with Crippen LogP contribution in [-0.2, 0) is 9.59 Å². The van der Waals surface area contributed by atoms with Crippen LogP contribution < -0.4 is 9.64 Å². The van der Waals surface area contributed by atoms with Crippen LogP contribution in [0.1, 0.15) is 29.7 Å². The van der Waals surface area contributed by atoms with E-state index in [1.807, 2.05) is 38.1 Å². The molecular weight excluding hydrogens is 497 g/mol. The van der Waals surface area contributed by atoms with Crippen LogP contribution in [0.4, 0.5) is 5.69 Å². The minimum Gasteiger partial charge on any atom is -0.507 e. The lowest BCUT2D eigenvalue weighted by molar-refractivity contribution is -0.132. The SMILES string of the molecule is CCOc1cc(/C(O)=C2\C(=O)C(=O)N(c3cc(Cl)cc(Cl)c3)C2c2ccccc2C)ccc1Cl. The van der Waals surface area contributed by atoms with Gasteiger partial charge in [0.2, 0.25) is 0 Å². The fourth-order valence-corrected chi connectivity index (χ4v) is 4.72. The normalized spacial score (nSPS) is 17.3. The van der Waals surface area contributed by atoms with Gasteiger partial charge in [-0.3, -0.25) is 14.5 Å². The smallest absolute Gasteiger partial charge is 0.300 e. The maximum Gasteiger partial charge on any atom is 0.300 e. The molecule has 1 aliphatic heterocycles. The number of ether oxygens (including phenoxy) is 1. The molecule has 1 saturated heterocycles. The highest BCUT2D eigenvalue weighted by atomic mass is 35.5. The number of carbonyl (C=O) groups is 2. The lowest BCUT2D eigenvalue weighted by Crippen LogP contribution is -2.29. The zero-order chi connectivity index (χ0) is 24.6. The summed E-state index contributed by atoms with van der Waals surface area (Å²) in [5, 5.41) is 12.3. The molecule has 1 amide bonds. The first kappa shape index (κ1) is 24.1. The Morgan fingerprint density at radius 2 is 1.68 bits per heavy atom. The summed E-state index contributed by atoms with van der Waals surface area (Å²) in [5.41, 5.74) is 2.11. The van der Waals surface area contributed by atoms with Crippen LogP contribution in [-0.4, -0.2) is 23.4 Å². The van der Waals surface area contributed by atoms with Crippen LogP contribution in [0.3, 0.4) is 0 Å². The maximum absolute atomic E-state index is 13.3. The highest BCUT2D eigenvalue weighted by Gasteiger charge is 2.47. The van der Waals surface area contributed by atoms with Gasteiger partial charge in [0, 0.05) is 21.3 Å². The number of amides is 1. The number of Topliss-reactive ketones (excluding diaryl/α,β-unsaturated/α-hetero) is 1. The summed E-state index contributed by atoms with van der Waals surface area (Å²) in [7, 11) is 0.